The van der Waals surface area contributed by atoms with Gasteiger partial charge in [0.25, 0.3) is 0 Å². The Labute approximate surface area is 215 Å². The van der Waals surface area contributed by atoms with Crippen LogP contribution in [0.15, 0.2) is 55.4 Å². The van der Waals surface area contributed by atoms with Gasteiger partial charge in [-0.3, -0.25) is 4.79 Å². The van der Waals surface area contributed by atoms with E-state index >= 15 is 0 Å². The fourth-order valence-electron chi connectivity index (χ4n) is 4.01. The van der Waals surface area contributed by atoms with Crippen LogP contribution in [0.5, 0.6) is 11.6 Å². The number of phenolic OH excluding ortho intramolecular Hbond substituents is 1. The summed E-state index contributed by atoms with van der Waals surface area (Å²) in [4.78, 5) is 13.1. The van der Waals surface area contributed by atoms with Crippen molar-refractivity contribution in [1.29, 1.82) is 0 Å². The molecule has 2 aliphatic heterocycles. The molecule has 0 saturated carbocycles. The molecule has 4 aromatic rings. The van der Waals surface area contributed by atoms with Crippen LogP contribution in [-0.4, -0.2) is 62.8 Å². The fourth-order valence-corrected chi connectivity index (χ4v) is 4.01. The molecule has 1 fully saturated rings. The third kappa shape index (κ3) is 6.34. The number of aromatic nitrogens is 5. The van der Waals surface area contributed by atoms with E-state index in [2.05, 4.69) is 32.2 Å². The molecule has 5 heterocycles. The molecule has 1 amide bonds. The Kier molecular flexibility index (Phi) is 8.88. The first kappa shape index (κ1) is 25.9. The lowest BCUT2D eigenvalue weighted by Crippen LogP contribution is -2.14. The zero-order valence-corrected chi connectivity index (χ0v) is 20.9. The van der Waals surface area contributed by atoms with Gasteiger partial charge in [0.15, 0.2) is 5.65 Å². The van der Waals surface area contributed by atoms with Crippen LogP contribution in [0.2, 0.25) is 0 Å². The minimum atomic E-state index is -0.144. The summed E-state index contributed by atoms with van der Waals surface area (Å²) in [6.45, 7) is 6.78. The normalized spacial score (nSPS) is 14.2. The summed E-state index contributed by atoms with van der Waals surface area (Å²) in [7, 11) is 1.56. The number of fused-ring (bicyclic) bond motifs is 2. The molecule has 0 unspecified atom stereocenters. The Balaban J connectivity index is 0.000000222. The molecule has 0 spiro atoms. The topological polar surface area (TPSA) is 127 Å². The van der Waals surface area contributed by atoms with Crippen LogP contribution in [0.25, 0.3) is 33.4 Å². The number of hydrogen-bond acceptors (Lipinski definition) is 7. The second kappa shape index (κ2) is 12.7. The van der Waals surface area contributed by atoms with E-state index in [4.69, 9.17) is 9.47 Å². The van der Waals surface area contributed by atoms with Crippen molar-refractivity contribution in [2.24, 2.45) is 0 Å². The highest BCUT2D eigenvalue weighted by Crippen LogP contribution is 2.37. The van der Waals surface area contributed by atoms with E-state index in [9.17, 15) is 9.90 Å². The Bertz CT molecular complexity index is 1330. The van der Waals surface area contributed by atoms with Gasteiger partial charge >= 0.3 is 0 Å². The van der Waals surface area contributed by atoms with Crippen LogP contribution in [0.1, 0.15) is 25.7 Å². The molecule has 1 saturated heterocycles. The van der Waals surface area contributed by atoms with Crippen LogP contribution >= 0.6 is 0 Å². The molecule has 37 heavy (non-hydrogen) atoms. The summed E-state index contributed by atoms with van der Waals surface area (Å²) >= 11 is 0. The number of aryl methyl sites for hydroxylation is 1. The molecule has 0 aliphatic carbocycles. The molecule has 2 aliphatic rings. The molecule has 0 radical (unpaired) electrons. The fraction of sp³-hybridized carbons (Fsp3) is 0.333. The number of benzene rings is 1. The number of aromatic amines is 1. The second-order valence-electron chi connectivity index (χ2n) is 8.49. The summed E-state index contributed by atoms with van der Waals surface area (Å²) < 4.78 is 12.8. The molecular formula is C27H32N6O4. The zero-order chi connectivity index (χ0) is 26.0. The molecule has 0 atom stereocenters. The minimum absolute atomic E-state index is 0.144. The lowest BCUT2D eigenvalue weighted by molar-refractivity contribution is -0.116. The quantitative estimate of drug-likeness (QED) is 0.359. The van der Waals surface area contributed by atoms with Gasteiger partial charge in [-0.25, -0.2) is 4.68 Å². The second-order valence-corrected chi connectivity index (χ2v) is 8.49. The molecule has 1 aromatic carbocycles. The van der Waals surface area contributed by atoms with Crippen molar-refractivity contribution in [3.8, 4) is 34.0 Å². The highest BCUT2D eigenvalue weighted by molar-refractivity contribution is 5.96. The number of carbonyl (C=O) groups is 1. The van der Waals surface area contributed by atoms with Gasteiger partial charge < -0.3 is 24.9 Å². The van der Waals surface area contributed by atoms with Gasteiger partial charge in [0, 0.05) is 55.9 Å². The average molecular weight is 505 g/mol. The van der Waals surface area contributed by atoms with Gasteiger partial charge in [0.1, 0.15) is 5.75 Å². The highest BCUT2D eigenvalue weighted by Gasteiger charge is 2.21. The number of likely N-dealkylation sites (N-methyl/N-ethyl adjacent to an activating group) is 1. The molecule has 10 nitrogen and oxygen atoms in total. The number of phenols is 1. The maximum absolute atomic E-state index is 10.1. The number of nitrogens with zero attached hydrogens (tertiary/aromatic N) is 4. The molecule has 3 aromatic heterocycles. The Hall–Kier alpha value is -4.18. The minimum Gasteiger partial charge on any atom is -0.507 e. The SMILES string of the molecule is C1CCOCC1.C=CC(=O)NC.Oc1ccccc1-c1cc2c(-c3cnn4c3OCCC4)c[nH]c2nn1. The Morgan fingerprint density at radius 2 is 1.92 bits per heavy atom. The van der Waals surface area contributed by atoms with Gasteiger partial charge in [0.05, 0.1) is 24.1 Å². The molecule has 0 bridgehead atoms. The predicted octanol–water partition coefficient (Wildman–Crippen LogP) is 4.08. The standard InChI is InChI=1S/C18H15N5O2.C5H10O.C4H7NO/c24-16-5-2-1-4-11(16)15-8-12-13(9-19-17(12)22-21-15)14-10-20-23-6-3-7-25-18(14)23;1-2-4-6-5-3-1;1-3-4(6)5-2/h1-2,4-5,8-10,24H,3,6-7H2,(H,19,22);1-5H2;3H,1H2,2H3,(H,5,6). The van der Waals surface area contributed by atoms with Gasteiger partial charge in [-0.05, 0) is 43.5 Å². The van der Waals surface area contributed by atoms with E-state index in [1.807, 2.05) is 35.3 Å². The molecule has 6 rings (SSSR count). The largest absolute Gasteiger partial charge is 0.507 e. The van der Waals surface area contributed by atoms with Gasteiger partial charge in [0.2, 0.25) is 11.8 Å². The maximum Gasteiger partial charge on any atom is 0.243 e. The first-order chi connectivity index (χ1) is 18.1. The third-order valence-corrected chi connectivity index (χ3v) is 5.96. The van der Waals surface area contributed by atoms with Gasteiger partial charge in [-0.1, -0.05) is 18.7 Å². The molecule has 194 valence electrons. The molecule has 3 N–H and O–H groups in total. The molecule has 10 heteroatoms. The monoisotopic (exact) mass is 504 g/mol. The van der Waals surface area contributed by atoms with Crippen molar-refractivity contribution >= 4 is 16.9 Å². The number of hydrogen-bond donors (Lipinski definition) is 3. The van der Waals surface area contributed by atoms with Crippen LogP contribution in [0.4, 0.5) is 0 Å². The summed E-state index contributed by atoms with van der Waals surface area (Å²) in [5.74, 6) is 0.822. The summed E-state index contributed by atoms with van der Waals surface area (Å²) in [5.41, 5.74) is 3.85. The Morgan fingerprint density at radius 3 is 2.57 bits per heavy atom. The Morgan fingerprint density at radius 1 is 1.11 bits per heavy atom. The lowest BCUT2D eigenvalue weighted by atomic mass is 10.1. The molecular weight excluding hydrogens is 472 g/mol. The lowest BCUT2D eigenvalue weighted by Gasteiger charge is -2.15. The van der Waals surface area contributed by atoms with E-state index in [0.29, 0.717) is 23.5 Å². The smallest absolute Gasteiger partial charge is 0.243 e. The van der Waals surface area contributed by atoms with Crippen molar-refractivity contribution in [3.63, 3.8) is 0 Å². The zero-order valence-electron chi connectivity index (χ0n) is 20.9. The number of aromatic hydroxyl groups is 1. The van der Waals surface area contributed by atoms with Crippen molar-refractivity contribution in [1.82, 2.24) is 30.3 Å². The predicted molar refractivity (Wildman–Crippen MR) is 141 cm³/mol. The summed E-state index contributed by atoms with van der Waals surface area (Å²) in [5, 5.41) is 26.3. The van der Waals surface area contributed by atoms with Crippen LogP contribution in [0.3, 0.4) is 0 Å². The van der Waals surface area contributed by atoms with E-state index < -0.39 is 0 Å². The van der Waals surface area contributed by atoms with Gasteiger partial charge in [-0.2, -0.15) is 5.10 Å². The summed E-state index contributed by atoms with van der Waals surface area (Å²) in [6.07, 6.45) is 9.83. The first-order valence-electron chi connectivity index (χ1n) is 12.4. The van der Waals surface area contributed by atoms with E-state index in [-0.39, 0.29) is 11.7 Å². The number of rotatable bonds is 3. The van der Waals surface area contributed by atoms with E-state index in [0.717, 1.165) is 48.6 Å². The van der Waals surface area contributed by atoms with Crippen molar-refractivity contribution in [2.75, 3.05) is 26.9 Å². The van der Waals surface area contributed by atoms with Crippen LogP contribution < -0.4 is 10.1 Å². The third-order valence-electron chi connectivity index (χ3n) is 5.96. The summed E-state index contributed by atoms with van der Waals surface area (Å²) in [6, 6.07) is 9.03. The first-order valence-corrected chi connectivity index (χ1v) is 12.4. The van der Waals surface area contributed by atoms with Crippen molar-refractivity contribution in [2.45, 2.75) is 32.2 Å². The number of nitrogens with one attached hydrogen (secondary N) is 2. The van der Waals surface area contributed by atoms with Crippen molar-refractivity contribution < 1.29 is 19.4 Å². The average Bonchev–Trinajstić information content (AvgIpc) is 3.58. The highest BCUT2D eigenvalue weighted by atomic mass is 16.5. The van der Waals surface area contributed by atoms with Gasteiger partial charge in [-0.15, -0.1) is 10.2 Å². The maximum atomic E-state index is 10.1. The van der Waals surface area contributed by atoms with E-state index in [1.54, 1.807) is 19.2 Å². The van der Waals surface area contributed by atoms with Crippen molar-refractivity contribution in [3.05, 3.63) is 55.4 Å². The van der Waals surface area contributed by atoms with Crippen LogP contribution in [-0.2, 0) is 16.1 Å². The number of para-hydroxylation sites is 1. The number of carbonyl (C=O) groups excluding carboxylic acids is 1. The number of ether oxygens (including phenoxy) is 2. The van der Waals surface area contributed by atoms with Crippen LogP contribution in [0, 0.1) is 0 Å². The number of H-pyrrole nitrogens is 1. The number of amides is 1. The van der Waals surface area contributed by atoms with E-state index in [1.165, 1.54) is 25.3 Å².